The van der Waals surface area contributed by atoms with Crippen LogP contribution in [0.3, 0.4) is 0 Å². The van der Waals surface area contributed by atoms with Crippen molar-refractivity contribution in [1.82, 2.24) is 10.3 Å². The van der Waals surface area contributed by atoms with Gasteiger partial charge in [0.05, 0.1) is 5.69 Å². The number of urea groups is 1. The number of benzene rings is 1. The van der Waals surface area contributed by atoms with Crippen molar-refractivity contribution in [2.24, 2.45) is 17.8 Å². The van der Waals surface area contributed by atoms with Gasteiger partial charge in [0.2, 0.25) is 0 Å². The Bertz CT molecular complexity index is 728. The first-order valence-electron chi connectivity index (χ1n) is 8.27. The molecule has 2 aliphatic carbocycles. The van der Waals surface area contributed by atoms with E-state index in [2.05, 4.69) is 15.6 Å². The smallest absolute Gasteiger partial charge is 0.319 e. The van der Waals surface area contributed by atoms with Crippen LogP contribution >= 0.6 is 0 Å². The van der Waals surface area contributed by atoms with E-state index >= 15 is 0 Å². The van der Waals surface area contributed by atoms with E-state index in [9.17, 15) is 9.90 Å². The number of anilines is 1. The molecule has 1 aromatic carbocycles. The van der Waals surface area contributed by atoms with Crippen molar-refractivity contribution < 1.29 is 9.90 Å². The van der Waals surface area contributed by atoms with Gasteiger partial charge in [-0.2, -0.15) is 0 Å². The van der Waals surface area contributed by atoms with Gasteiger partial charge < -0.3 is 15.7 Å². The average molecular weight is 311 g/mol. The zero-order valence-corrected chi connectivity index (χ0v) is 12.9. The Balaban J connectivity index is 1.50. The van der Waals surface area contributed by atoms with Gasteiger partial charge in [-0.15, -0.1) is 0 Å². The normalized spacial score (nSPS) is 28.9. The fourth-order valence-electron chi connectivity index (χ4n) is 4.44. The highest BCUT2D eigenvalue weighted by atomic mass is 16.3. The van der Waals surface area contributed by atoms with Crippen molar-refractivity contribution in [3.63, 3.8) is 0 Å². The maximum Gasteiger partial charge on any atom is 0.319 e. The highest BCUT2D eigenvalue weighted by Crippen LogP contribution is 2.48. The number of fused-ring (bicyclic) bond motifs is 3. The number of pyridine rings is 1. The summed E-state index contributed by atoms with van der Waals surface area (Å²) < 4.78 is 0. The Kier molecular flexibility index (Phi) is 3.65. The molecule has 4 rings (SSSR count). The van der Waals surface area contributed by atoms with Crippen LogP contribution < -0.4 is 10.6 Å². The number of nitrogens with one attached hydrogen (secondary N) is 2. The number of aromatic nitrogens is 1. The summed E-state index contributed by atoms with van der Waals surface area (Å²) in [5.74, 6) is 1.29. The van der Waals surface area contributed by atoms with E-state index in [1.165, 1.54) is 6.42 Å². The summed E-state index contributed by atoms with van der Waals surface area (Å²) in [4.78, 5) is 16.5. The van der Waals surface area contributed by atoms with Gasteiger partial charge in [-0.3, -0.25) is 4.98 Å². The number of carbonyl (C=O) groups is 1. The fraction of sp³-hybridized carbons (Fsp3) is 0.444. The zero-order valence-electron chi connectivity index (χ0n) is 12.9. The summed E-state index contributed by atoms with van der Waals surface area (Å²) in [6.07, 6.45) is 6.99. The maximum atomic E-state index is 12.4. The van der Waals surface area contributed by atoms with Crippen molar-refractivity contribution in [1.29, 1.82) is 0 Å². The molecule has 2 aromatic rings. The fourth-order valence-corrected chi connectivity index (χ4v) is 4.44. The molecule has 5 heteroatoms. The van der Waals surface area contributed by atoms with Crippen LogP contribution in [0.25, 0.3) is 10.8 Å². The first-order valence-corrected chi connectivity index (χ1v) is 8.27. The minimum Gasteiger partial charge on any atom is -0.396 e. The van der Waals surface area contributed by atoms with Gasteiger partial charge in [-0.25, -0.2) is 4.79 Å². The molecule has 3 N–H and O–H groups in total. The largest absolute Gasteiger partial charge is 0.396 e. The topological polar surface area (TPSA) is 74.2 Å². The Labute approximate surface area is 135 Å². The lowest BCUT2D eigenvalue weighted by Gasteiger charge is -2.30. The minimum atomic E-state index is -0.190. The summed E-state index contributed by atoms with van der Waals surface area (Å²) >= 11 is 0. The first-order chi connectivity index (χ1) is 11.3. The molecule has 2 saturated carbocycles. The van der Waals surface area contributed by atoms with Crippen LogP contribution in [0.2, 0.25) is 0 Å². The summed E-state index contributed by atoms with van der Waals surface area (Å²) in [5.41, 5.74) is 0.783. The van der Waals surface area contributed by atoms with E-state index < -0.39 is 0 Å². The number of aliphatic hydroxyl groups excluding tert-OH is 1. The molecule has 4 atom stereocenters. The third-order valence-corrected chi connectivity index (χ3v) is 5.53. The van der Waals surface area contributed by atoms with Crippen molar-refractivity contribution in [2.75, 3.05) is 11.9 Å². The molecule has 0 saturated heterocycles. The molecule has 2 bridgehead atoms. The molecule has 2 aliphatic rings. The average Bonchev–Trinajstić information content (AvgIpc) is 3.16. The van der Waals surface area contributed by atoms with Gasteiger partial charge in [-0.1, -0.05) is 12.1 Å². The third kappa shape index (κ3) is 2.55. The summed E-state index contributed by atoms with van der Waals surface area (Å²) in [5, 5.41) is 17.7. The molecule has 5 nitrogen and oxygen atoms in total. The van der Waals surface area contributed by atoms with Crippen molar-refractivity contribution in [2.45, 2.75) is 25.3 Å². The molecule has 0 aliphatic heterocycles. The number of hydrogen-bond acceptors (Lipinski definition) is 3. The van der Waals surface area contributed by atoms with Gasteiger partial charge in [0, 0.05) is 41.7 Å². The molecule has 2 amide bonds. The first kappa shape index (κ1) is 14.5. The summed E-state index contributed by atoms with van der Waals surface area (Å²) in [6.45, 7) is 0.159. The van der Waals surface area contributed by atoms with Gasteiger partial charge >= 0.3 is 6.03 Å². The number of rotatable bonds is 3. The highest BCUT2D eigenvalue weighted by molar-refractivity contribution is 6.01. The number of amides is 2. The highest BCUT2D eigenvalue weighted by Gasteiger charge is 2.47. The van der Waals surface area contributed by atoms with E-state index in [0.29, 0.717) is 11.8 Å². The lowest BCUT2D eigenvalue weighted by atomic mass is 9.85. The zero-order chi connectivity index (χ0) is 15.8. The number of carbonyl (C=O) groups excluding carboxylic acids is 1. The Morgan fingerprint density at radius 2 is 2.13 bits per heavy atom. The molecule has 23 heavy (non-hydrogen) atoms. The Morgan fingerprint density at radius 3 is 3.00 bits per heavy atom. The predicted octanol–water partition coefficient (Wildman–Crippen LogP) is 2.76. The quantitative estimate of drug-likeness (QED) is 0.816. The van der Waals surface area contributed by atoms with Gasteiger partial charge in [0.25, 0.3) is 0 Å². The van der Waals surface area contributed by atoms with Crippen LogP contribution in [0.1, 0.15) is 19.3 Å². The number of nitrogens with zero attached hydrogens (tertiary/aromatic N) is 1. The number of aliphatic hydroxyl groups is 1. The molecule has 0 radical (unpaired) electrons. The van der Waals surface area contributed by atoms with Crippen LogP contribution in [0.5, 0.6) is 0 Å². The molecule has 0 spiro atoms. The van der Waals surface area contributed by atoms with E-state index in [1.54, 1.807) is 12.4 Å². The summed E-state index contributed by atoms with van der Waals surface area (Å²) in [6, 6.07) is 7.59. The molecule has 2 fully saturated rings. The van der Waals surface area contributed by atoms with Gasteiger partial charge in [0.1, 0.15) is 0 Å². The second kappa shape index (κ2) is 5.81. The SMILES string of the molecule is O=C(Nc1cccc2cnccc12)N[C@@H]1[C@H]2CC[C@@H](C2)[C@H]1CO. The van der Waals surface area contributed by atoms with E-state index in [1.807, 2.05) is 24.3 Å². The van der Waals surface area contributed by atoms with E-state index in [0.717, 1.165) is 29.3 Å². The van der Waals surface area contributed by atoms with Crippen molar-refractivity contribution >= 4 is 22.5 Å². The van der Waals surface area contributed by atoms with Crippen molar-refractivity contribution in [3.8, 4) is 0 Å². The van der Waals surface area contributed by atoms with E-state index in [4.69, 9.17) is 0 Å². The van der Waals surface area contributed by atoms with Gasteiger partial charge in [0.15, 0.2) is 0 Å². The van der Waals surface area contributed by atoms with Crippen LogP contribution in [0.15, 0.2) is 36.7 Å². The molecule has 1 aromatic heterocycles. The molecule has 1 heterocycles. The monoisotopic (exact) mass is 311 g/mol. The molecule has 120 valence electrons. The third-order valence-electron chi connectivity index (χ3n) is 5.53. The lowest BCUT2D eigenvalue weighted by molar-refractivity contribution is 0.146. The van der Waals surface area contributed by atoms with E-state index in [-0.39, 0.29) is 24.6 Å². The van der Waals surface area contributed by atoms with Crippen molar-refractivity contribution in [3.05, 3.63) is 36.7 Å². The van der Waals surface area contributed by atoms with Crippen LogP contribution in [-0.4, -0.2) is 28.8 Å². The Hall–Kier alpha value is -2.14. The predicted molar refractivity (Wildman–Crippen MR) is 89.1 cm³/mol. The molecular formula is C18H21N3O2. The molecule has 0 unspecified atom stereocenters. The second-order valence-electron chi connectivity index (χ2n) is 6.71. The standard InChI is InChI=1S/C18H21N3O2/c22-10-15-11-4-5-12(8-11)17(15)21-18(23)20-16-3-1-2-13-9-19-7-6-14(13)16/h1-3,6-7,9,11-12,15,17,22H,4-5,8,10H2,(H2,20,21,23)/t11-,12-,15+,17+/m0/s1. The van der Waals surface area contributed by atoms with Crippen LogP contribution in [0, 0.1) is 17.8 Å². The molecular weight excluding hydrogens is 290 g/mol. The van der Waals surface area contributed by atoms with Crippen LogP contribution in [0.4, 0.5) is 10.5 Å². The van der Waals surface area contributed by atoms with Gasteiger partial charge in [-0.05, 0) is 43.2 Å². The van der Waals surface area contributed by atoms with Crippen LogP contribution in [-0.2, 0) is 0 Å². The second-order valence-corrected chi connectivity index (χ2v) is 6.71. The minimum absolute atomic E-state index is 0.0930. The summed E-state index contributed by atoms with van der Waals surface area (Å²) in [7, 11) is 0. The number of hydrogen-bond donors (Lipinski definition) is 3. The maximum absolute atomic E-state index is 12.4. The lowest BCUT2D eigenvalue weighted by Crippen LogP contribution is -2.46. The Morgan fingerprint density at radius 1 is 1.26 bits per heavy atom.